The van der Waals surface area contributed by atoms with Crippen molar-refractivity contribution in [2.75, 3.05) is 0 Å². The second-order valence-corrected chi connectivity index (χ2v) is 6.97. The lowest BCUT2D eigenvalue weighted by molar-refractivity contribution is 0.559. The van der Waals surface area contributed by atoms with E-state index in [4.69, 9.17) is 4.42 Å². The minimum absolute atomic E-state index is 0.0160. The molecule has 0 amide bonds. The number of pyridine rings is 1. The van der Waals surface area contributed by atoms with E-state index in [1.54, 1.807) is 13.1 Å². The van der Waals surface area contributed by atoms with Crippen LogP contribution in [0.2, 0.25) is 0 Å². The smallest absolute Gasteiger partial charge is 0.196 e. The SMILES string of the molecule is Cc1oc2cccc(-c3cc(C(C)(C)C)ccn3)c2c(=O)c1C. The molecule has 3 aromatic rings. The molecule has 2 aromatic heterocycles. The number of aromatic nitrogens is 1. The molecule has 0 radical (unpaired) electrons. The maximum atomic E-state index is 12.7. The molecule has 0 N–H and O–H groups in total. The molecule has 0 saturated heterocycles. The van der Waals surface area contributed by atoms with Gasteiger partial charge in [0, 0.05) is 17.3 Å². The molecule has 0 aliphatic rings. The fraction of sp³-hybridized carbons (Fsp3) is 0.300. The number of nitrogens with zero attached hydrogens (tertiary/aromatic N) is 1. The van der Waals surface area contributed by atoms with E-state index >= 15 is 0 Å². The zero-order chi connectivity index (χ0) is 16.8. The topological polar surface area (TPSA) is 43.1 Å². The highest BCUT2D eigenvalue weighted by Gasteiger charge is 2.17. The van der Waals surface area contributed by atoms with E-state index in [0.29, 0.717) is 22.3 Å². The van der Waals surface area contributed by atoms with E-state index in [9.17, 15) is 4.79 Å². The van der Waals surface area contributed by atoms with Gasteiger partial charge >= 0.3 is 0 Å². The number of aryl methyl sites for hydroxylation is 1. The van der Waals surface area contributed by atoms with Gasteiger partial charge in [-0.3, -0.25) is 9.78 Å². The normalized spacial score (nSPS) is 11.9. The van der Waals surface area contributed by atoms with Crippen molar-refractivity contribution in [1.82, 2.24) is 4.98 Å². The van der Waals surface area contributed by atoms with Crippen LogP contribution in [0.3, 0.4) is 0 Å². The third-order valence-corrected chi connectivity index (χ3v) is 4.29. The van der Waals surface area contributed by atoms with Gasteiger partial charge in [0.2, 0.25) is 0 Å². The van der Waals surface area contributed by atoms with Gasteiger partial charge in [0.1, 0.15) is 11.3 Å². The third-order valence-electron chi connectivity index (χ3n) is 4.29. The van der Waals surface area contributed by atoms with Gasteiger partial charge in [0.15, 0.2) is 5.43 Å². The average Bonchev–Trinajstić information content (AvgIpc) is 2.51. The van der Waals surface area contributed by atoms with Crippen LogP contribution in [0.1, 0.15) is 37.7 Å². The average molecular weight is 307 g/mol. The maximum Gasteiger partial charge on any atom is 0.196 e. The summed E-state index contributed by atoms with van der Waals surface area (Å²) in [6.45, 7) is 10.1. The Labute approximate surface area is 136 Å². The second-order valence-electron chi connectivity index (χ2n) is 6.97. The van der Waals surface area contributed by atoms with Crippen molar-refractivity contribution in [3.8, 4) is 11.3 Å². The summed E-state index contributed by atoms with van der Waals surface area (Å²) in [7, 11) is 0. The van der Waals surface area contributed by atoms with Crippen LogP contribution in [0.5, 0.6) is 0 Å². The molecule has 23 heavy (non-hydrogen) atoms. The predicted molar refractivity (Wildman–Crippen MR) is 93.9 cm³/mol. The van der Waals surface area contributed by atoms with E-state index < -0.39 is 0 Å². The monoisotopic (exact) mass is 307 g/mol. The van der Waals surface area contributed by atoms with Gasteiger partial charge in [0.05, 0.1) is 11.1 Å². The number of rotatable bonds is 1. The van der Waals surface area contributed by atoms with Crippen molar-refractivity contribution in [1.29, 1.82) is 0 Å². The standard InChI is InChI=1S/C20H21NO2/c1-12-13(2)23-17-8-6-7-15(18(17)19(12)22)16-11-14(9-10-21-16)20(3,4)5/h6-11H,1-5H3. The Balaban J connectivity index is 2.34. The summed E-state index contributed by atoms with van der Waals surface area (Å²) in [5, 5.41) is 0.606. The molecule has 118 valence electrons. The molecule has 3 heteroatoms. The molecule has 0 atom stereocenters. The zero-order valence-corrected chi connectivity index (χ0v) is 14.2. The van der Waals surface area contributed by atoms with Gasteiger partial charge in [-0.1, -0.05) is 32.9 Å². The van der Waals surface area contributed by atoms with Crippen LogP contribution in [0.25, 0.3) is 22.2 Å². The van der Waals surface area contributed by atoms with Crippen LogP contribution in [0.4, 0.5) is 0 Å². The van der Waals surface area contributed by atoms with Gasteiger partial charge < -0.3 is 4.42 Å². The zero-order valence-electron chi connectivity index (χ0n) is 14.2. The van der Waals surface area contributed by atoms with Crippen molar-refractivity contribution >= 4 is 11.0 Å². The van der Waals surface area contributed by atoms with Crippen molar-refractivity contribution in [3.63, 3.8) is 0 Å². The van der Waals surface area contributed by atoms with Gasteiger partial charge in [-0.05, 0) is 43.0 Å². The molecule has 2 heterocycles. The molecule has 0 saturated carbocycles. The van der Waals surface area contributed by atoms with E-state index in [-0.39, 0.29) is 10.8 Å². The van der Waals surface area contributed by atoms with Crippen LogP contribution in [0.15, 0.2) is 45.7 Å². The van der Waals surface area contributed by atoms with E-state index in [2.05, 4.69) is 31.8 Å². The predicted octanol–water partition coefficient (Wildman–Crippen LogP) is 4.77. The van der Waals surface area contributed by atoms with Gasteiger partial charge in [-0.25, -0.2) is 0 Å². The van der Waals surface area contributed by atoms with Crippen molar-refractivity contribution in [2.45, 2.75) is 40.0 Å². The molecule has 0 aliphatic carbocycles. The summed E-state index contributed by atoms with van der Waals surface area (Å²) >= 11 is 0. The number of hydrogen-bond acceptors (Lipinski definition) is 3. The fourth-order valence-electron chi connectivity index (χ4n) is 2.70. The summed E-state index contributed by atoms with van der Waals surface area (Å²) < 4.78 is 5.81. The summed E-state index contributed by atoms with van der Waals surface area (Å²) in [5.74, 6) is 0.663. The van der Waals surface area contributed by atoms with Crippen molar-refractivity contribution < 1.29 is 4.42 Å². The highest BCUT2D eigenvalue weighted by atomic mass is 16.3. The first kappa shape index (κ1) is 15.5. The van der Waals surface area contributed by atoms with Crippen LogP contribution < -0.4 is 5.43 Å². The number of hydrogen-bond donors (Lipinski definition) is 0. The van der Waals surface area contributed by atoms with Crippen molar-refractivity contribution in [3.05, 3.63) is 63.6 Å². The Morgan fingerprint density at radius 2 is 1.83 bits per heavy atom. The third kappa shape index (κ3) is 2.67. The first-order chi connectivity index (χ1) is 10.8. The Kier molecular flexibility index (Phi) is 3.59. The lowest BCUT2D eigenvalue weighted by Gasteiger charge is -2.19. The van der Waals surface area contributed by atoms with Gasteiger partial charge in [-0.15, -0.1) is 0 Å². The van der Waals surface area contributed by atoms with E-state index in [1.807, 2.05) is 31.2 Å². The molecule has 0 spiro atoms. The molecule has 0 fully saturated rings. The lowest BCUT2D eigenvalue weighted by atomic mass is 9.86. The lowest BCUT2D eigenvalue weighted by Crippen LogP contribution is -2.12. The van der Waals surface area contributed by atoms with Crippen LogP contribution >= 0.6 is 0 Å². The number of benzene rings is 1. The molecule has 0 unspecified atom stereocenters. The Hall–Kier alpha value is -2.42. The first-order valence-corrected chi connectivity index (χ1v) is 7.79. The van der Waals surface area contributed by atoms with Gasteiger partial charge in [-0.2, -0.15) is 0 Å². The summed E-state index contributed by atoms with van der Waals surface area (Å²) in [6, 6.07) is 9.75. The Morgan fingerprint density at radius 1 is 1.09 bits per heavy atom. The second kappa shape index (κ2) is 5.34. The van der Waals surface area contributed by atoms with E-state index in [0.717, 1.165) is 11.3 Å². The van der Waals surface area contributed by atoms with Crippen LogP contribution in [0, 0.1) is 13.8 Å². The quantitative estimate of drug-likeness (QED) is 0.650. The molecule has 0 bridgehead atoms. The molecular weight excluding hydrogens is 286 g/mol. The van der Waals surface area contributed by atoms with E-state index in [1.165, 1.54) is 5.56 Å². The summed E-state index contributed by atoms with van der Waals surface area (Å²) in [4.78, 5) is 17.2. The summed E-state index contributed by atoms with van der Waals surface area (Å²) in [5.41, 5.74) is 4.12. The highest BCUT2D eigenvalue weighted by Crippen LogP contribution is 2.29. The molecule has 0 aliphatic heterocycles. The molecule has 1 aromatic carbocycles. The minimum atomic E-state index is 0.0160. The Morgan fingerprint density at radius 3 is 2.52 bits per heavy atom. The highest BCUT2D eigenvalue weighted by molar-refractivity contribution is 5.92. The summed E-state index contributed by atoms with van der Waals surface area (Å²) in [6.07, 6.45) is 1.80. The minimum Gasteiger partial charge on any atom is -0.461 e. The molecule has 3 rings (SSSR count). The number of fused-ring (bicyclic) bond motifs is 1. The Bertz CT molecular complexity index is 946. The largest absolute Gasteiger partial charge is 0.461 e. The fourth-order valence-corrected chi connectivity index (χ4v) is 2.70. The first-order valence-electron chi connectivity index (χ1n) is 7.79. The molecular formula is C20H21NO2. The van der Waals surface area contributed by atoms with Gasteiger partial charge in [0.25, 0.3) is 0 Å². The van der Waals surface area contributed by atoms with Crippen LogP contribution in [-0.4, -0.2) is 4.98 Å². The molecule has 3 nitrogen and oxygen atoms in total. The maximum absolute atomic E-state index is 12.7. The van der Waals surface area contributed by atoms with Crippen molar-refractivity contribution in [2.24, 2.45) is 0 Å². The van der Waals surface area contributed by atoms with Crippen LogP contribution in [-0.2, 0) is 5.41 Å².